The van der Waals surface area contributed by atoms with Gasteiger partial charge in [-0.15, -0.1) is 0 Å². The van der Waals surface area contributed by atoms with Crippen LogP contribution in [0.1, 0.15) is 43.1 Å². The number of carbonyl (C=O) groups excluding carboxylic acids is 1. The van der Waals surface area contributed by atoms with Crippen LogP contribution in [0.15, 0.2) is 22.9 Å². The fourth-order valence-electron chi connectivity index (χ4n) is 4.31. The zero-order chi connectivity index (χ0) is 20.7. The Kier molecular flexibility index (Phi) is 4.80. The average molecular weight is 409 g/mol. The van der Waals surface area contributed by atoms with Crippen molar-refractivity contribution in [3.05, 3.63) is 24.2 Å². The van der Waals surface area contributed by atoms with Gasteiger partial charge < -0.3 is 19.5 Å². The maximum absolute atomic E-state index is 13.0. The van der Waals surface area contributed by atoms with Crippen LogP contribution in [-0.4, -0.2) is 51.8 Å². The monoisotopic (exact) mass is 409 g/mol. The first-order valence-corrected chi connectivity index (χ1v) is 10.7. The van der Waals surface area contributed by atoms with Gasteiger partial charge in [0.05, 0.1) is 5.69 Å². The minimum absolute atomic E-state index is 0.278. The molecule has 0 aromatic carbocycles. The largest absolute Gasteiger partial charge is 0.431 e. The standard InChI is InChI=1S/C21H27N7O2/c1-14-6-9-28(11-14)21-23-17(13-30-21)20(29)22-16-10-15-12-26(2)25-18(15)24-19(16)27-7-4-3-5-8-27/h10,12-14H,3-9,11H2,1-2H3,(H,22,29)/t14-/m0/s1. The number of nitrogens with one attached hydrogen (secondary N) is 1. The number of anilines is 3. The number of carbonyl (C=O) groups is 1. The van der Waals surface area contributed by atoms with E-state index in [0.29, 0.717) is 23.3 Å². The van der Waals surface area contributed by atoms with Crippen LogP contribution in [0, 0.1) is 5.92 Å². The SMILES string of the molecule is C[C@H]1CCN(c2nc(C(=O)Nc3cc4cn(C)nc4nc3N3CCCCC3)co2)C1. The minimum atomic E-state index is -0.291. The average Bonchev–Trinajstić information content (AvgIpc) is 3.46. The van der Waals surface area contributed by atoms with Gasteiger partial charge in [0.2, 0.25) is 0 Å². The number of amides is 1. The van der Waals surface area contributed by atoms with Gasteiger partial charge in [0.1, 0.15) is 6.26 Å². The maximum atomic E-state index is 13.0. The number of fused-ring (bicyclic) bond motifs is 1. The van der Waals surface area contributed by atoms with Crippen molar-refractivity contribution in [2.45, 2.75) is 32.6 Å². The third kappa shape index (κ3) is 3.59. The van der Waals surface area contributed by atoms with E-state index in [2.05, 4.69) is 32.1 Å². The van der Waals surface area contributed by atoms with Gasteiger partial charge in [-0.25, -0.2) is 4.98 Å². The van der Waals surface area contributed by atoms with Gasteiger partial charge in [0, 0.05) is 44.8 Å². The molecule has 0 bridgehead atoms. The molecular formula is C21H27N7O2. The Morgan fingerprint density at radius 3 is 2.77 bits per heavy atom. The lowest BCUT2D eigenvalue weighted by molar-refractivity contribution is 0.102. The molecule has 9 nitrogen and oxygen atoms in total. The highest BCUT2D eigenvalue weighted by molar-refractivity contribution is 6.05. The number of piperidine rings is 1. The third-order valence-corrected chi connectivity index (χ3v) is 5.91. The van der Waals surface area contributed by atoms with Gasteiger partial charge >= 0.3 is 0 Å². The Labute approximate surface area is 175 Å². The van der Waals surface area contributed by atoms with Crippen LogP contribution in [0.4, 0.5) is 17.5 Å². The fourth-order valence-corrected chi connectivity index (χ4v) is 4.31. The highest BCUT2D eigenvalue weighted by Gasteiger charge is 2.25. The number of rotatable bonds is 4. The van der Waals surface area contributed by atoms with E-state index >= 15 is 0 Å². The van der Waals surface area contributed by atoms with E-state index in [9.17, 15) is 4.79 Å². The van der Waals surface area contributed by atoms with Gasteiger partial charge in [0.15, 0.2) is 17.2 Å². The predicted molar refractivity (Wildman–Crippen MR) is 115 cm³/mol. The quantitative estimate of drug-likeness (QED) is 0.708. The predicted octanol–water partition coefficient (Wildman–Crippen LogP) is 3.05. The van der Waals surface area contributed by atoms with E-state index in [1.54, 1.807) is 4.68 Å². The molecule has 3 aromatic rings. The highest BCUT2D eigenvalue weighted by atomic mass is 16.4. The minimum Gasteiger partial charge on any atom is -0.431 e. The second-order valence-electron chi connectivity index (χ2n) is 8.43. The molecule has 0 saturated carbocycles. The number of oxazole rings is 1. The number of aryl methyl sites for hydroxylation is 1. The van der Waals surface area contributed by atoms with Crippen LogP contribution in [-0.2, 0) is 7.05 Å². The number of nitrogens with zero attached hydrogens (tertiary/aromatic N) is 6. The first kappa shape index (κ1) is 18.9. The van der Waals surface area contributed by atoms with Gasteiger partial charge in [0.25, 0.3) is 11.9 Å². The zero-order valence-electron chi connectivity index (χ0n) is 17.5. The van der Waals surface area contributed by atoms with Crippen LogP contribution in [0.5, 0.6) is 0 Å². The van der Waals surface area contributed by atoms with Crippen LogP contribution < -0.4 is 15.1 Å². The fraction of sp³-hybridized carbons (Fsp3) is 0.524. The van der Waals surface area contributed by atoms with Gasteiger partial charge in [-0.1, -0.05) is 6.92 Å². The lowest BCUT2D eigenvalue weighted by Gasteiger charge is -2.29. The van der Waals surface area contributed by atoms with Crippen molar-refractivity contribution in [2.75, 3.05) is 41.3 Å². The molecule has 0 spiro atoms. The molecule has 0 aliphatic carbocycles. The second kappa shape index (κ2) is 7.62. The number of pyridine rings is 1. The summed E-state index contributed by atoms with van der Waals surface area (Å²) in [5, 5.41) is 8.34. The lowest BCUT2D eigenvalue weighted by atomic mass is 10.1. The van der Waals surface area contributed by atoms with Crippen molar-refractivity contribution in [3.8, 4) is 0 Å². The first-order chi connectivity index (χ1) is 14.6. The molecule has 1 atom stereocenters. The van der Waals surface area contributed by atoms with Crippen molar-refractivity contribution in [2.24, 2.45) is 13.0 Å². The molecule has 158 valence electrons. The molecular weight excluding hydrogens is 382 g/mol. The third-order valence-electron chi connectivity index (χ3n) is 5.91. The number of hydrogen-bond donors (Lipinski definition) is 1. The summed E-state index contributed by atoms with van der Waals surface area (Å²) in [6.45, 7) is 5.87. The van der Waals surface area contributed by atoms with E-state index in [1.807, 2.05) is 19.3 Å². The molecule has 2 fully saturated rings. The summed E-state index contributed by atoms with van der Waals surface area (Å²) in [7, 11) is 1.87. The molecule has 3 aromatic heterocycles. The molecule has 0 unspecified atom stereocenters. The summed E-state index contributed by atoms with van der Waals surface area (Å²) >= 11 is 0. The smallest absolute Gasteiger partial charge is 0.297 e. The Balaban J connectivity index is 1.42. The number of hydrogen-bond acceptors (Lipinski definition) is 7. The molecule has 1 amide bonds. The molecule has 5 heterocycles. The molecule has 30 heavy (non-hydrogen) atoms. The molecule has 0 radical (unpaired) electrons. The Bertz CT molecular complexity index is 1070. The number of aromatic nitrogens is 4. The lowest BCUT2D eigenvalue weighted by Crippen LogP contribution is -2.31. The van der Waals surface area contributed by atoms with Gasteiger partial charge in [-0.3, -0.25) is 9.48 Å². The summed E-state index contributed by atoms with van der Waals surface area (Å²) in [6.07, 6.45) is 7.91. The van der Waals surface area contributed by atoms with Crippen molar-refractivity contribution in [3.63, 3.8) is 0 Å². The molecule has 2 aliphatic heterocycles. The van der Waals surface area contributed by atoms with Crippen molar-refractivity contribution in [1.29, 1.82) is 0 Å². The zero-order valence-corrected chi connectivity index (χ0v) is 17.5. The summed E-state index contributed by atoms with van der Waals surface area (Å²) < 4.78 is 7.33. The highest BCUT2D eigenvalue weighted by Crippen LogP contribution is 2.30. The van der Waals surface area contributed by atoms with Gasteiger partial charge in [-0.2, -0.15) is 10.1 Å². The molecule has 2 aliphatic rings. The molecule has 1 N–H and O–H groups in total. The van der Waals surface area contributed by atoms with E-state index in [-0.39, 0.29) is 11.6 Å². The maximum Gasteiger partial charge on any atom is 0.297 e. The van der Waals surface area contributed by atoms with E-state index in [0.717, 1.165) is 56.6 Å². The summed E-state index contributed by atoms with van der Waals surface area (Å²) in [6, 6.07) is 2.46. The van der Waals surface area contributed by atoms with Crippen LogP contribution in [0.2, 0.25) is 0 Å². The van der Waals surface area contributed by atoms with Crippen LogP contribution in [0.3, 0.4) is 0 Å². The first-order valence-electron chi connectivity index (χ1n) is 10.7. The van der Waals surface area contributed by atoms with Crippen molar-refractivity contribution in [1.82, 2.24) is 19.7 Å². The van der Waals surface area contributed by atoms with Crippen LogP contribution >= 0.6 is 0 Å². The van der Waals surface area contributed by atoms with Gasteiger partial charge in [-0.05, 0) is 37.7 Å². The molecule has 9 heteroatoms. The van der Waals surface area contributed by atoms with Crippen molar-refractivity contribution >= 4 is 34.5 Å². The van der Waals surface area contributed by atoms with E-state index in [4.69, 9.17) is 9.40 Å². The van der Waals surface area contributed by atoms with E-state index in [1.165, 1.54) is 12.7 Å². The second-order valence-corrected chi connectivity index (χ2v) is 8.43. The molecule has 2 saturated heterocycles. The summed E-state index contributed by atoms with van der Waals surface area (Å²) in [4.78, 5) is 26.5. The Morgan fingerprint density at radius 2 is 2.00 bits per heavy atom. The summed E-state index contributed by atoms with van der Waals surface area (Å²) in [5.74, 6) is 1.09. The van der Waals surface area contributed by atoms with Crippen molar-refractivity contribution < 1.29 is 9.21 Å². The Morgan fingerprint density at radius 1 is 1.17 bits per heavy atom. The topological polar surface area (TPSA) is 92.3 Å². The van der Waals surface area contributed by atoms with E-state index < -0.39 is 0 Å². The summed E-state index contributed by atoms with van der Waals surface area (Å²) in [5.41, 5.74) is 1.64. The normalized spacial score (nSPS) is 19.6. The van der Waals surface area contributed by atoms with Crippen LogP contribution in [0.25, 0.3) is 11.0 Å². The molecule has 5 rings (SSSR count). The Hall–Kier alpha value is -3.10.